The van der Waals surface area contributed by atoms with Gasteiger partial charge < -0.3 is 0 Å². The third kappa shape index (κ3) is 3.78. The van der Waals surface area contributed by atoms with Gasteiger partial charge >= 0.3 is 136 Å². The van der Waals surface area contributed by atoms with Crippen LogP contribution in [0.3, 0.4) is 0 Å². The average Bonchev–Trinajstić information content (AvgIpc) is 2.86. The molecule has 1 fully saturated rings. The molecule has 0 spiro atoms. The Bertz CT molecular complexity index is 670. The average molecular weight is 340 g/mol. The Labute approximate surface area is 136 Å². The third-order valence-electron chi connectivity index (χ3n) is 3.97. The molecular formula is C13H21BN4O4S. The van der Waals surface area contributed by atoms with E-state index in [0.29, 0.717) is 5.56 Å². The standard InChI is InChI=1S/C13H21BN4O4S/c1-9(15)6-17-23(21,22)18-7-11(10-3-2-4-14-5-10)13(16,8-18)12(19)20/h2-5,9,11,17H,6-8,15-16H2,1H3,(H,19,20)/t9-,11?,13?/m1/s1. The fraction of sp³-hybridized carbons (Fsp3) is 0.538. The molecule has 6 N–H and O–H groups in total. The fourth-order valence-corrected chi connectivity index (χ4v) is 4.03. The van der Waals surface area contributed by atoms with Crippen LogP contribution in [-0.4, -0.2) is 61.9 Å². The first-order valence-corrected chi connectivity index (χ1v) is 8.68. The molecule has 10 heteroatoms. The second-order valence-electron chi connectivity index (χ2n) is 5.93. The van der Waals surface area contributed by atoms with Crippen LogP contribution >= 0.6 is 0 Å². The predicted octanol–water partition coefficient (Wildman–Crippen LogP) is -1.61. The maximum absolute atomic E-state index is 12.3. The summed E-state index contributed by atoms with van der Waals surface area (Å²) in [6, 6.07) is 3.17. The van der Waals surface area contributed by atoms with E-state index in [1.165, 1.54) is 0 Å². The number of carboxylic acid groups (broad SMARTS) is 1. The summed E-state index contributed by atoms with van der Waals surface area (Å²) < 4.78 is 28.1. The second-order valence-corrected chi connectivity index (χ2v) is 7.69. The molecule has 2 unspecified atom stereocenters. The normalized spacial score (nSPS) is 26.8. The van der Waals surface area contributed by atoms with Gasteiger partial charge in [-0.05, 0) is 0 Å². The Morgan fingerprint density at radius 1 is 1.65 bits per heavy atom. The number of carbonyl (C=O) groups is 1. The van der Waals surface area contributed by atoms with Gasteiger partial charge in [-0.25, -0.2) is 0 Å². The van der Waals surface area contributed by atoms with Gasteiger partial charge in [0, 0.05) is 0 Å². The van der Waals surface area contributed by atoms with Crippen LogP contribution in [0.2, 0.25) is 0 Å². The summed E-state index contributed by atoms with van der Waals surface area (Å²) in [5.74, 6) is 1.70. The van der Waals surface area contributed by atoms with Crippen LogP contribution in [0.4, 0.5) is 0 Å². The molecule has 23 heavy (non-hydrogen) atoms. The second kappa shape index (κ2) is 6.66. The minimum atomic E-state index is -3.84. The van der Waals surface area contributed by atoms with Crippen LogP contribution in [-0.2, 0) is 15.0 Å². The van der Waals surface area contributed by atoms with Crippen LogP contribution in [0.25, 0.3) is 0 Å². The summed E-state index contributed by atoms with van der Waals surface area (Å²) >= 11 is 0. The molecule has 0 bridgehead atoms. The number of aliphatic carboxylic acids is 1. The van der Waals surface area contributed by atoms with Crippen molar-refractivity contribution in [2.24, 2.45) is 11.5 Å². The van der Waals surface area contributed by atoms with E-state index in [4.69, 9.17) is 11.5 Å². The Balaban J connectivity index is 2.29. The third-order valence-corrected chi connectivity index (χ3v) is 5.46. The van der Waals surface area contributed by atoms with Crippen LogP contribution in [0.5, 0.6) is 0 Å². The van der Waals surface area contributed by atoms with E-state index in [1.54, 1.807) is 37.9 Å². The topological polar surface area (TPSA) is 139 Å². The molecule has 0 saturated carbocycles. The van der Waals surface area contributed by atoms with Crippen LogP contribution in [0.1, 0.15) is 18.4 Å². The molecule has 126 valence electrons. The van der Waals surface area contributed by atoms with Crippen LogP contribution < -0.4 is 16.2 Å². The van der Waals surface area contributed by atoms with Gasteiger partial charge in [0.25, 0.3) is 0 Å². The van der Waals surface area contributed by atoms with Gasteiger partial charge in [-0.3, -0.25) is 0 Å². The van der Waals surface area contributed by atoms with E-state index in [-0.39, 0.29) is 25.7 Å². The molecule has 3 atom stereocenters. The summed E-state index contributed by atoms with van der Waals surface area (Å²) in [4.78, 5) is 11.7. The molecule has 2 rings (SSSR count). The molecule has 1 aromatic rings. The molecule has 1 aliphatic heterocycles. The molecule has 0 radical (unpaired) electrons. The van der Waals surface area contributed by atoms with Crippen molar-refractivity contribution in [2.45, 2.75) is 24.4 Å². The van der Waals surface area contributed by atoms with Gasteiger partial charge in [0.2, 0.25) is 0 Å². The summed E-state index contributed by atoms with van der Waals surface area (Å²) in [6.45, 7) is 3.21. The van der Waals surface area contributed by atoms with Gasteiger partial charge in [0.15, 0.2) is 0 Å². The molecule has 0 aliphatic carbocycles. The van der Waals surface area contributed by atoms with Crippen molar-refractivity contribution in [2.75, 3.05) is 19.6 Å². The summed E-state index contributed by atoms with van der Waals surface area (Å²) in [5, 5.41) is 9.52. The Hall–Kier alpha value is -1.33. The van der Waals surface area contributed by atoms with Crippen molar-refractivity contribution in [3.8, 4) is 0 Å². The molecule has 0 amide bonds. The van der Waals surface area contributed by atoms with E-state index in [1.807, 2.05) is 0 Å². The van der Waals surface area contributed by atoms with Crippen LogP contribution in [0.15, 0.2) is 24.1 Å². The first kappa shape index (κ1) is 18.0. The van der Waals surface area contributed by atoms with Crippen molar-refractivity contribution in [1.29, 1.82) is 0 Å². The summed E-state index contributed by atoms with van der Waals surface area (Å²) in [5.41, 5.74) is 10.6. The minimum absolute atomic E-state index is 0.00109. The number of hydrogen-bond donors (Lipinski definition) is 4. The van der Waals surface area contributed by atoms with Crippen molar-refractivity contribution in [3.05, 3.63) is 29.6 Å². The number of carboxylic acids is 1. The SMILES string of the molecule is C[C@@H](N)CNS(=O)(=O)N1CC(c2cbccc2)C(N)(C(=O)O)C1. The van der Waals surface area contributed by atoms with E-state index < -0.39 is 27.6 Å². The molecule has 1 aliphatic rings. The van der Waals surface area contributed by atoms with Crippen molar-refractivity contribution < 1.29 is 18.3 Å². The fourth-order valence-electron chi connectivity index (χ4n) is 2.65. The predicted molar refractivity (Wildman–Crippen MR) is 87.2 cm³/mol. The quantitative estimate of drug-likeness (QED) is 0.491. The molecular weight excluding hydrogens is 319 g/mol. The number of nitrogens with one attached hydrogen (secondary N) is 1. The zero-order chi connectivity index (χ0) is 17.3. The van der Waals surface area contributed by atoms with E-state index in [9.17, 15) is 18.3 Å². The van der Waals surface area contributed by atoms with Gasteiger partial charge in [-0.2, -0.15) is 0 Å². The van der Waals surface area contributed by atoms with Crippen molar-refractivity contribution in [1.82, 2.24) is 9.03 Å². The monoisotopic (exact) mass is 340 g/mol. The zero-order valence-corrected chi connectivity index (χ0v) is 13.7. The van der Waals surface area contributed by atoms with Crippen molar-refractivity contribution in [3.63, 3.8) is 0 Å². The van der Waals surface area contributed by atoms with Gasteiger partial charge in [-0.15, -0.1) is 0 Å². The molecule has 0 aromatic carbocycles. The number of nitrogens with two attached hydrogens (primary N) is 2. The molecule has 1 aromatic heterocycles. The Morgan fingerprint density at radius 3 is 2.87 bits per heavy atom. The van der Waals surface area contributed by atoms with Crippen molar-refractivity contribution >= 4 is 23.1 Å². The summed E-state index contributed by atoms with van der Waals surface area (Å²) in [7, 11) is -3.84. The zero-order valence-electron chi connectivity index (χ0n) is 12.8. The maximum atomic E-state index is 12.3. The molecule has 2 heterocycles. The first-order valence-electron chi connectivity index (χ1n) is 7.24. The summed E-state index contributed by atoms with van der Waals surface area (Å²) in [6.07, 6.45) is 0. The molecule has 8 nitrogen and oxygen atoms in total. The van der Waals surface area contributed by atoms with E-state index >= 15 is 0 Å². The number of rotatable bonds is 6. The van der Waals surface area contributed by atoms with Gasteiger partial charge in [-0.1, -0.05) is 0 Å². The number of hydrogen-bond acceptors (Lipinski definition) is 5. The van der Waals surface area contributed by atoms with Gasteiger partial charge in [0.05, 0.1) is 0 Å². The van der Waals surface area contributed by atoms with E-state index in [0.717, 1.165) is 4.31 Å². The Morgan fingerprint density at radius 2 is 2.35 bits per heavy atom. The number of nitrogens with zero attached hydrogens (tertiary/aromatic N) is 1. The van der Waals surface area contributed by atoms with E-state index in [2.05, 4.69) is 4.72 Å². The molecule has 1 saturated heterocycles. The van der Waals surface area contributed by atoms with Crippen LogP contribution in [0, 0.1) is 0 Å². The first-order chi connectivity index (χ1) is 10.7. The van der Waals surface area contributed by atoms with Gasteiger partial charge in [0.1, 0.15) is 0 Å². The Kier molecular flexibility index (Phi) is 5.22.